The summed E-state index contributed by atoms with van der Waals surface area (Å²) in [6, 6.07) is 9.16. The molecule has 1 aliphatic heterocycles. The molecule has 1 saturated heterocycles. The second-order valence-corrected chi connectivity index (χ2v) is 9.06. The smallest absolute Gasteiger partial charge is 0.194 e. The van der Waals surface area contributed by atoms with E-state index in [4.69, 9.17) is 9.47 Å². The summed E-state index contributed by atoms with van der Waals surface area (Å²) < 4.78 is 52.3. The van der Waals surface area contributed by atoms with Crippen molar-refractivity contribution in [1.82, 2.24) is 0 Å². The molecule has 0 bridgehead atoms. The Morgan fingerprint density at radius 2 is 1.42 bits per heavy atom. The predicted octanol–water partition coefficient (Wildman–Crippen LogP) is 7.43. The molecule has 2 nitrogen and oxygen atoms in total. The summed E-state index contributed by atoms with van der Waals surface area (Å²) in [7, 11) is 0. The van der Waals surface area contributed by atoms with E-state index in [0.717, 1.165) is 23.6 Å². The first-order chi connectivity index (χ1) is 15.0. The zero-order valence-corrected chi connectivity index (χ0v) is 18.1. The summed E-state index contributed by atoms with van der Waals surface area (Å²) in [6.45, 7) is 3.66. The van der Waals surface area contributed by atoms with Gasteiger partial charge in [0.2, 0.25) is 0 Å². The molecule has 168 valence electrons. The minimum atomic E-state index is -1.45. The van der Waals surface area contributed by atoms with Crippen molar-refractivity contribution < 1.29 is 22.6 Å². The first-order valence-corrected chi connectivity index (χ1v) is 11.5. The number of unbranched alkanes of at least 4 members (excludes halogenated alkanes) is 1. The molecule has 4 rings (SSSR count). The summed E-state index contributed by atoms with van der Waals surface area (Å²) >= 11 is 0. The van der Waals surface area contributed by atoms with Crippen LogP contribution in [0.2, 0.25) is 0 Å². The van der Waals surface area contributed by atoms with Gasteiger partial charge in [0.1, 0.15) is 0 Å². The van der Waals surface area contributed by atoms with Crippen molar-refractivity contribution in [3.63, 3.8) is 0 Å². The van der Waals surface area contributed by atoms with Gasteiger partial charge >= 0.3 is 0 Å². The Morgan fingerprint density at radius 3 is 2.00 bits per heavy atom. The molecule has 1 aliphatic carbocycles. The summed E-state index contributed by atoms with van der Waals surface area (Å²) in [6.07, 6.45) is 8.78. The van der Waals surface area contributed by atoms with Crippen molar-refractivity contribution in [1.29, 1.82) is 0 Å². The lowest BCUT2D eigenvalue weighted by Gasteiger charge is -2.38. The van der Waals surface area contributed by atoms with Crippen molar-refractivity contribution in [2.45, 2.75) is 58.2 Å². The third-order valence-electron chi connectivity index (χ3n) is 6.95. The van der Waals surface area contributed by atoms with Crippen LogP contribution in [0, 0.1) is 35.2 Å². The number of rotatable bonds is 6. The minimum absolute atomic E-state index is 0.294. The van der Waals surface area contributed by atoms with Crippen LogP contribution in [0.3, 0.4) is 0 Å². The van der Waals surface area contributed by atoms with Crippen molar-refractivity contribution in [2.75, 3.05) is 13.2 Å². The molecule has 2 aromatic rings. The molecule has 2 aromatic carbocycles. The maximum Gasteiger partial charge on any atom is 0.194 e. The summed E-state index contributed by atoms with van der Waals surface area (Å²) in [4.78, 5) is 0. The molecular weight excluding hydrogens is 401 g/mol. The summed E-state index contributed by atoms with van der Waals surface area (Å²) in [5.41, 5.74) is 1.77. The van der Waals surface area contributed by atoms with Crippen LogP contribution in [0.25, 0.3) is 11.1 Å². The molecular formula is C26H31F3O2. The summed E-state index contributed by atoms with van der Waals surface area (Å²) in [5.74, 6) is -1.80. The van der Waals surface area contributed by atoms with Gasteiger partial charge < -0.3 is 9.47 Å². The molecule has 0 unspecified atom stereocenters. The monoisotopic (exact) mass is 432 g/mol. The van der Waals surface area contributed by atoms with E-state index in [0.29, 0.717) is 36.2 Å². The Morgan fingerprint density at radius 1 is 0.806 bits per heavy atom. The van der Waals surface area contributed by atoms with E-state index in [1.165, 1.54) is 44.9 Å². The molecule has 1 saturated carbocycles. The van der Waals surface area contributed by atoms with E-state index >= 15 is 0 Å². The van der Waals surface area contributed by atoms with Crippen LogP contribution in [0.1, 0.15) is 63.7 Å². The lowest BCUT2D eigenvalue weighted by Crippen LogP contribution is -2.34. The molecule has 0 spiro atoms. The van der Waals surface area contributed by atoms with Gasteiger partial charge in [-0.1, -0.05) is 63.3 Å². The molecule has 0 radical (unpaired) electrons. The standard InChI is InChI=1S/C26H31F3O2/c1-2-3-4-17-5-7-19(8-6-17)22-15-30-26(31-16-22)20-11-9-18(10-12-20)21-13-23(27)25(29)24(28)14-21/h9-14,17,19,22,26H,2-8,15-16H2,1H3. The largest absolute Gasteiger partial charge is 0.348 e. The van der Waals surface area contributed by atoms with Crippen LogP contribution in [-0.4, -0.2) is 13.2 Å². The third-order valence-corrected chi connectivity index (χ3v) is 6.95. The number of hydrogen-bond donors (Lipinski definition) is 0. The Kier molecular flexibility index (Phi) is 7.34. The van der Waals surface area contributed by atoms with Gasteiger partial charge in [-0.2, -0.15) is 0 Å². The molecule has 0 atom stereocenters. The van der Waals surface area contributed by atoms with Gasteiger partial charge in [-0.15, -0.1) is 0 Å². The van der Waals surface area contributed by atoms with Gasteiger partial charge in [0.15, 0.2) is 23.7 Å². The summed E-state index contributed by atoms with van der Waals surface area (Å²) in [5, 5.41) is 0. The number of benzene rings is 2. The fourth-order valence-corrected chi connectivity index (χ4v) is 4.98. The zero-order valence-electron chi connectivity index (χ0n) is 18.1. The SMILES string of the molecule is CCCCC1CCC(C2COC(c3ccc(-c4cc(F)c(F)c(F)c4)cc3)OC2)CC1. The topological polar surface area (TPSA) is 18.5 Å². The highest BCUT2D eigenvalue weighted by atomic mass is 19.2. The van der Waals surface area contributed by atoms with Crippen LogP contribution in [-0.2, 0) is 9.47 Å². The van der Waals surface area contributed by atoms with E-state index < -0.39 is 23.7 Å². The number of hydrogen-bond acceptors (Lipinski definition) is 2. The first-order valence-electron chi connectivity index (χ1n) is 11.5. The van der Waals surface area contributed by atoms with E-state index in [-0.39, 0.29) is 0 Å². The number of halogens is 3. The average molecular weight is 433 g/mol. The van der Waals surface area contributed by atoms with Gasteiger partial charge in [-0.3, -0.25) is 0 Å². The van der Waals surface area contributed by atoms with Crippen LogP contribution in [0.4, 0.5) is 13.2 Å². The maximum absolute atomic E-state index is 13.5. The molecule has 31 heavy (non-hydrogen) atoms. The van der Waals surface area contributed by atoms with Crippen molar-refractivity contribution >= 4 is 0 Å². The highest BCUT2D eigenvalue weighted by Gasteiger charge is 2.32. The number of ether oxygens (including phenoxy) is 2. The van der Waals surface area contributed by atoms with Gasteiger partial charge in [0.05, 0.1) is 13.2 Å². The lowest BCUT2D eigenvalue weighted by atomic mass is 9.74. The van der Waals surface area contributed by atoms with Gasteiger partial charge in [-0.05, 0) is 47.9 Å². The molecule has 5 heteroatoms. The van der Waals surface area contributed by atoms with Gasteiger partial charge in [0.25, 0.3) is 0 Å². The second-order valence-electron chi connectivity index (χ2n) is 9.06. The first kappa shape index (κ1) is 22.3. The molecule has 2 aliphatic rings. The highest BCUT2D eigenvalue weighted by molar-refractivity contribution is 5.64. The molecule has 0 N–H and O–H groups in total. The molecule has 1 heterocycles. The van der Waals surface area contributed by atoms with E-state index in [9.17, 15) is 13.2 Å². The van der Waals surface area contributed by atoms with Gasteiger partial charge in [0, 0.05) is 11.5 Å². The molecule has 0 aromatic heterocycles. The fourth-order valence-electron chi connectivity index (χ4n) is 4.98. The van der Waals surface area contributed by atoms with Crippen molar-refractivity contribution in [2.24, 2.45) is 17.8 Å². The Bertz CT molecular complexity index is 828. The average Bonchev–Trinajstić information content (AvgIpc) is 2.81. The zero-order chi connectivity index (χ0) is 21.8. The predicted molar refractivity (Wildman–Crippen MR) is 115 cm³/mol. The van der Waals surface area contributed by atoms with Crippen LogP contribution >= 0.6 is 0 Å². The van der Waals surface area contributed by atoms with E-state index in [2.05, 4.69) is 6.92 Å². The van der Waals surface area contributed by atoms with E-state index in [1.54, 1.807) is 12.1 Å². The second kappa shape index (κ2) is 10.2. The minimum Gasteiger partial charge on any atom is -0.348 e. The molecule has 0 amide bonds. The fraction of sp³-hybridized carbons (Fsp3) is 0.538. The Balaban J connectivity index is 1.30. The quantitative estimate of drug-likeness (QED) is 0.442. The van der Waals surface area contributed by atoms with E-state index in [1.807, 2.05) is 12.1 Å². The van der Waals surface area contributed by atoms with Crippen LogP contribution < -0.4 is 0 Å². The molecule has 2 fully saturated rings. The highest BCUT2D eigenvalue weighted by Crippen LogP contribution is 2.39. The normalized spacial score (nSPS) is 26.7. The Hall–Kier alpha value is -1.85. The lowest BCUT2D eigenvalue weighted by molar-refractivity contribution is -0.214. The van der Waals surface area contributed by atoms with Gasteiger partial charge in [-0.25, -0.2) is 13.2 Å². The van der Waals surface area contributed by atoms with Crippen LogP contribution in [0.15, 0.2) is 36.4 Å². The Labute approximate surface area is 182 Å². The van der Waals surface area contributed by atoms with Crippen molar-refractivity contribution in [3.8, 4) is 11.1 Å². The third kappa shape index (κ3) is 5.32. The maximum atomic E-state index is 13.5. The van der Waals surface area contributed by atoms with Crippen LogP contribution in [0.5, 0.6) is 0 Å². The van der Waals surface area contributed by atoms with Crippen molar-refractivity contribution in [3.05, 3.63) is 59.4 Å².